The van der Waals surface area contributed by atoms with Crippen molar-refractivity contribution in [2.24, 2.45) is 4.99 Å². The molecule has 2 aliphatic heterocycles. The number of aliphatic imine (C=N–C) groups is 1. The molecule has 3 N–H and O–H groups in total. The third-order valence-corrected chi connectivity index (χ3v) is 5.10. The SMILES string of the molecule is Nc1c(Br)c([C@H]2CCCNC2)nc2c(C3=CCN=C3)cnn12. The number of nitrogens with one attached hydrogen (secondary N) is 1. The molecule has 4 rings (SSSR count). The second-order valence-corrected chi connectivity index (χ2v) is 6.48. The molecule has 7 heteroatoms. The maximum atomic E-state index is 6.28. The van der Waals surface area contributed by atoms with Crippen LogP contribution in [0.15, 0.2) is 21.7 Å². The van der Waals surface area contributed by atoms with Crippen molar-refractivity contribution in [3.8, 4) is 0 Å². The number of hydrogen-bond donors (Lipinski definition) is 2. The summed E-state index contributed by atoms with van der Waals surface area (Å²) in [6.07, 6.45) is 8.06. The van der Waals surface area contributed by atoms with Gasteiger partial charge in [-0.1, -0.05) is 6.08 Å². The van der Waals surface area contributed by atoms with Gasteiger partial charge in [-0.2, -0.15) is 9.61 Å². The number of fused-ring (bicyclic) bond motifs is 1. The van der Waals surface area contributed by atoms with Gasteiger partial charge in [0, 0.05) is 29.8 Å². The second kappa shape index (κ2) is 5.48. The zero-order valence-electron chi connectivity index (χ0n) is 12.1. The Balaban J connectivity index is 1.88. The van der Waals surface area contributed by atoms with E-state index in [9.17, 15) is 0 Å². The molecule has 4 heterocycles. The minimum absolute atomic E-state index is 0.379. The zero-order chi connectivity index (χ0) is 15.1. The molecule has 22 heavy (non-hydrogen) atoms. The highest BCUT2D eigenvalue weighted by Crippen LogP contribution is 2.34. The normalized spacial score (nSPS) is 21.5. The molecular formula is C15H17BrN6. The number of nitrogens with two attached hydrogens (primary N) is 1. The van der Waals surface area contributed by atoms with E-state index in [4.69, 9.17) is 10.7 Å². The Labute approximate surface area is 136 Å². The van der Waals surface area contributed by atoms with Crippen LogP contribution in [0.2, 0.25) is 0 Å². The molecule has 0 aromatic carbocycles. The van der Waals surface area contributed by atoms with Gasteiger partial charge < -0.3 is 11.1 Å². The van der Waals surface area contributed by atoms with E-state index in [1.165, 1.54) is 0 Å². The third-order valence-electron chi connectivity index (χ3n) is 4.29. The summed E-state index contributed by atoms with van der Waals surface area (Å²) in [5.41, 5.74) is 10.2. The summed E-state index contributed by atoms with van der Waals surface area (Å²) in [6.45, 7) is 2.74. The van der Waals surface area contributed by atoms with E-state index in [1.807, 2.05) is 12.4 Å². The molecular weight excluding hydrogens is 344 g/mol. The van der Waals surface area contributed by atoms with Crippen LogP contribution in [0.25, 0.3) is 11.2 Å². The van der Waals surface area contributed by atoms with Gasteiger partial charge in [0.05, 0.1) is 22.9 Å². The van der Waals surface area contributed by atoms with Gasteiger partial charge in [-0.3, -0.25) is 4.99 Å². The summed E-state index contributed by atoms with van der Waals surface area (Å²) in [5.74, 6) is 0.983. The first kappa shape index (κ1) is 13.9. The third kappa shape index (κ3) is 2.16. The van der Waals surface area contributed by atoms with E-state index in [2.05, 4.69) is 37.4 Å². The Bertz CT molecular complexity index is 785. The molecule has 0 saturated carbocycles. The summed E-state index contributed by atoms with van der Waals surface area (Å²) < 4.78 is 2.56. The number of anilines is 1. The van der Waals surface area contributed by atoms with Crippen molar-refractivity contribution in [2.75, 3.05) is 25.4 Å². The van der Waals surface area contributed by atoms with Gasteiger partial charge in [-0.05, 0) is 35.3 Å². The van der Waals surface area contributed by atoms with Crippen LogP contribution in [0.5, 0.6) is 0 Å². The lowest BCUT2D eigenvalue weighted by Crippen LogP contribution is -2.29. The smallest absolute Gasteiger partial charge is 0.165 e. The molecule has 0 bridgehead atoms. The highest BCUT2D eigenvalue weighted by Gasteiger charge is 2.24. The van der Waals surface area contributed by atoms with Crippen molar-refractivity contribution in [2.45, 2.75) is 18.8 Å². The second-order valence-electron chi connectivity index (χ2n) is 5.69. The summed E-state index contributed by atoms with van der Waals surface area (Å²) in [7, 11) is 0. The van der Waals surface area contributed by atoms with Crippen molar-refractivity contribution in [3.63, 3.8) is 0 Å². The number of nitrogen functional groups attached to an aromatic ring is 1. The molecule has 2 aromatic heterocycles. The molecule has 0 spiro atoms. The van der Waals surface area contributed by atoms with Gasteiger partial charge in [0.2, 0.25) is 0 Å². The average molecular weight is 361 g/mol. The molecule has 0 radical (unpaired) electrons. The summed E-state index contributed by atoms with van der Waals surface area (Å²) in [4.78, 5) is 9.14. The largest absolute Gasteiger partial charge is 0.383 e. The minimum Gasteiger partial charge on any atom is -0.383 e. The zero-order valence-corrected chi connectivity index (χ0v) is 13.7. The standard InChI is InChI=1S/C15H17BrN6/c16-12-13(10-2-1-4-18-7-10)21-15-11(9-3-5-19-6-9)8-20-22(15)14(12)17/h3,6,8,10,18H,1-2,4-5,7,17H2/t10-/m0/s1. The number of aromatic nitrogens is 3. The maximum Gasteiger partial charge on any atom is 0.165 e. The maximum absolute atomic E-state index is 6.28. The van der Waals surface area contributed by atoms with E-state index in [0.29, 0.717) is 11.7 Å². The molecule has 0 aliphatic carbocycles. The fourth-order valence-corrected chi connectivity index (χ4v) is 3.69. The van der Waals surface area contributed by atoms with Gasteiger partial charge in [0.1, 0.15) is 5.82 Å². The number of rotatable bonds is 2. The topological polar surface area (TPSA) is 80.6 Å². The van der Waals surface area contributed by atoms with Crippen LogP contribution in [0, 0.1) is 0 Å². The van der Waals surface area contributed by atoms with Gasteiger partial charge in [-0.15, -0.1) is 0 Å². The Kier molecular flexibility index (Phi) is 3.46. The van der Waals surface area contributed by atoms with Gasteiger partial charge in [0.15, 0.2) is 5.65 Å². The molecule has 0 amide bonds. The lowest BCUT2D eigenvalue weighted by Gasteiger charge is -2.23. The van der Waals surface area contributed by atoms with Gasteiger partial charge in [0.25, 0.3) is 0 Å². The van der Waals surface area contributed by atoms with E-state index in [-0.39, 0.29) is 0 Å². The van der Waals surface area contributed by atoms with Crippen molar-refractivity contribution in [3.05, 3.63) is 28.0 Å². The number of piperidine rings is 1. The number of nitrogens with zero attached hydrogens (tertiary/aromatic N) is 4. The van der Waals surface area contributed by atoms with Crippen LogP contribution in [-0.2, 0) is 0 Å². The van der Waals surface area contributed by atoms with Gasteiger partial charge in [-0.25, -0.2) is 4.98 Å². The number of hydrogen-bond acceptors (Lipinski definition) is 5. The van der Waals surface area contributed by atoms with E-state index < -0.39 is 0 Å². The molecule has 1 saturated heterocycles. The van der Waals surface area contributed by atoms with Crippen LogP contribution in [0.1, 0.15) is 30.0 Å². The first-order chi connectivity index (χ1) is 10.8. The number of allylic oxidation sites excluding steroid dienone is 1. The van der Waals surface area contributed by atoms with Gasteiger partial charge >= 0.3 is 0 Å². The number of halogens is 1. The Morgan fingerprint density at radius 2 is 2.32 bits per heavy atom. The fraction of sp³-hybridized carbons (Fsp3) is 0.400. The van der Waals surface area contributed by atoms with Crippen molar-refractivity contribution < 1.29 is 0 Å². The summed E-state index contributed by atoms with van der Waals surface area (Å²) in [6, 6.07) is 0. The molecule has 114 valence electrons. The first-order valence-corrected chi connectivity index (χ1v) is 8.28. The Morgan fingerprint density at radius 3 is 3.05 bits per heavy atom. The lowest BCUT2D eigenvalue weighted by molar-refractivity contribution is 0.453. The predicted molar refractivity (Wildman–Crippen MR) is 91.3 cm³/mol. The van der Waals surface area contributed by atoms with E-state index >= 15 is 0 Å². The van der Waals surface area contributed by atoms with Crippen molar-refractivity contribution in [1.29, 1.82) is 0 Å². The van der Waals surface area contributed by atoms with Crippen molar-refractivity contribution in [1.82, 2.24) is 19.9 Å². The van der Waals surface area contributed by atoms with Crippen LogP contribution in [-0.4, -0.2) is 40.4 Å². The average Bonchev–Trinajstić information content (AvgIpc) is 3.20. The van der Waals surface area contributed by atoms with Crippen LogP contribution < -0.4 is 11.1 Å². The molecule has 6 nitrogen and oxygen atoms in total. The molecule has 1 atom stereocenters. The van der Waals surface area contributed by atoms with E-state index in [0.717, 1.165) is 59.4 Å². The monoisotopic (exact) mass is 360 g/mol. The van der Waals surface area contributed by atoms with Crippen LogP contribution in [0.4, 0.5) is 5.82 Å². The Hall–Kier alpha value is -1.73. The molecule has 1 fully saturated rings. The molecule has 0 unspecified atom stereocenters. The highest BCUT2D eigenvalue weighted by atomic mass is 79.9. The van der Waals surface area contributed by atoms with Crippen molar-refractivity contribution >= 4 is 39.2 Å². The van der Waals surface area contributed by atoms with Crippen LogP contribution in [0.3, 0.4) is 0 Å². The summed E-state index contributed by atoms with van der Waals surface area (Å²) in [5, 5.41) is 7.83. The summed E-state index contributed by atoms with van der Waals surface area (Å²) >= 11 is 3.61. The fourth-order valence-electron chi connectivity index (χ4n) is 3.11. The Morgan fingerprint density at radius 1 is 1.41 bits per heavy atom. The van der Waals surface area contributed by atoms with E-state index in [1.54, 1.807) is 4.52 Å². The predicted octanol–water partition coefficient (Wildman–Crippen LogP) is 2.01. The molecule has 2 aromatic rings. The molecule has 2 aliphatic rings. The first-order valence-electron chi connectivity index (χ1n) is 7.49. The highest BCUT2D eigenvalue weighted by molar-refractivity contribution is 9.10. The quantitative estimate of drug-likeness (QED) is 0.858. The lowest BCUT2D eigenvalue weighted by atomic mass is 9.96. The van der Waals surface area contributed by atoms with Crippen LogP contribution >= 0.6 is 15.9 Å². The minimum atomic E-state index is 0.379.